The van der Waals surface area contributed by atoms with Gasteiger partial charge in [-0.15, -0.1) is 0 Å². The fourth-order valence-corrected chi connectivity index (χ4v) is 1.43. The van der Waals surface area contributed by atoms with Crippen LogP contribution in [-0.2, 0) is 4.79 Å². The number of carbonyl (C=O) groups excluding carboxylic acids is 1. The molecule has 0 bridgehead atoms. The largest absolute Gasteiger partial charge is 0.480 e. The molecule has 0 aliphatic carbocycles. The van der Waals surface area contributed by atoms with Crippen LogP contribution in [0.1, 0.15) is 17.8 Å². The summed E-state index contributed by atoms with van der Waals surface area (Å²) in [5, 5.41) is 28.9. The fraction of sp³-hybridized carbons (Fsp3) is 0.500. The van der Waals surface area contributed by atoms with E-state index in [1.165, 1.54) is 0 Å². The van der Waals surface area contributed by atoms with Gasteiger partial charge in [-0.25, -0.2) is 9.59 Å². The van der Waals surface area contributed by atoms with E-state index >= 15 is 0 Å². The van der Waals surface area contributed by atoms with E-state index in [2.05, 4.69) is 20.8 Å². The number of amides is 2. The quantitative estimate of drug-likeness (QED) is 0.506. The van der Waals surface area contributed by atoms with Crippen LogP contribution in [0.5, 0.6) is 0 Å². The van der Waals surface area contributed by atoms with Crippen molar-refractivity contribution in [3.05, 3.63) is 11.4 Å². The Labute approximate surface area is 103 Å². The van der Waals surface area contributed by atoms with Crippen LogP contribution >= 0.6 is 0 Å². The summed E-state index contributed by atoms with van der Waals surface area (Å²) in [6.07, 6.45) is -0.0495. The lowest BCUT2D eigenvalue weighted by Crippen LogP contribution is -2.43. The summed E-state index contributed by atoms with van der Waals surface area (Å²) in [5.74, 6) is -1.19. The van der Waals surface area contributed by atoms with Gasteiger partial charge in [0.15, 0.2) is 0 Å². The first-order valence-electron chi connectivity index (χ1n) is 5.38. The molecule has 8 nitrogen and oxygen atoms in total. The highest BCUT2D eigenvalue weighted by Crippen LogP contribution is 2.15. The predicted molar refractivity (Wildman–Crippen MR) is 63.3 cm³/mol. The number of carbonyl (C=O) groups is 2. The van der Waals surface area contributed by atoms with E-state index in [0.29, 0.717) is 17.1 Å². The Bertz CT molecular complexity index is 424. The first kappa shape index (κ1) is 14.0. The fourth-order valence-electron chi connectivity index (χ4n) is 1.43. The summed E-state index contributed by atoms with van der Waals surface area (Å²) < 4.78 is 0. The van der Waals surface area contributed by atoms with E-state index in [4.69, 9.17) is 10.2 Å². The van der Waals surface area contributed by atoms with Crippen molar-refractivity contribution in [1.82, 2.24) is 15.5 Å². The molecule has 8 heteroatoms. The number of aromatic amines is 1. The number of nitrogens with one attached hydrogen (secondary N) is 3. The molecule has 1 aromatic heterocycles. The molecule has 18 heavy (non-hydrogen) atoms. The smallest absolute Gasteiger partial charge is 0.326 e. The molecule has 5 N–H and O–H groups in total. The van der Waals surface area contributed by atoms with E-state index in [1.54, 1.807) is 13.8 Å². The van der Waals surface area contributed by atoms with E-state index in [0.717, 1.165) is 0 Å². The number of anilines is 1. The first-order chi connectivity index (χ1) is 8.45. The number of hydrogen-bond acceptors (Lipinski definition) is 4. The molecule has 1 heterocycles. The standard InChI is InChI=1S/C10H16N4O4/c1-5-8(6(2)14-13-5)12-10(18)11-7(3-4-15)9(16)17/h7,15H,3-4H2,1-2H3,(H,13,14)(H,16,17)(H2,11,12,18). The molecule has 1 atom stereocenters. The Morgan fingerprint density at radius 1 is 1.44 bits per heavy atom. The number of hydrogen-bond donors (Lipinski definition) is 5. The lowest BCUT2D eigenvalue weighted by atomic mass is 10.2. The number of rotatable bonds is 5. The highest BCUT2D eigenvalue weighted by atomic mass is 16.4. The zero-order valence-electron chi connectivity index (χ0n) is 10.1. The summed E-state index contributed by atoms with van der Waals surface area (Å²) in [5.41, 5.74) is 1.80. The van der Waals surface area contributed by atoms with Crippen LogP contribution in [0.3, 0.4) is 0 Å². The zero-order chi connectivity index (χ0) is 13.7. The lowest BCUT2D eigenvalue weighted by Gasteiger charge is -2.14. The van der Waals surface area contributed by atoms with Crippen LogP contribution in [-0.4, -0.2) is 45.1 Å². The molecular formula is C10H16N4O4. The highest BCUT2D eigenvalue weighted by molar-refractivity contribution is 5.93. The Balaban J connectivity index is 2.63. The Morgan fingerprint density at radius 2 is 2.11 bits per heavy atom. The minimum atomic E-state index is -1.19. The summed E-state index contributed by atoms with van der Waals surface area (Å²) in [7, 11) is 0. The Hall–Kier alpha value is -2.09. The Morgan fingerprint density at radius 3 is 2.56 bits per heavy atom. The number of nitrogens with zero attached hydrogens (tertiary/aromatic N) is 1. The molecule has 2 amide bonds. The number of carboxylic acids is 1. The van der Waals surface area contributed by atoms with E-state index in [-0.39, 0.29) is 13.0 Å². The van der Waals surface area contributed by atoms with Crippen LogP contribution in [0.4, 0.5) is 10.5 Å². The molecule has 0 aliphatic rings. The molecule has 0 aromatic carbocycles. The molecule has 1 rings (SSSR count). The topological polar surface area (TPSA) is 127 Å². The van der Waals surface area contributed by atoms with Crippen molar-refractivity contribution in [2.45, 2.75) is 26.3 Å². The van der Waals surface area contributed by atoms with Gasteiger partial charge in [-0.05, 0) is 13.8 Å². The monoisotopic (exact) mass is 256 g/mol. The van der Waals surface area contributed by atoms with E-state index in [1.807, 2.05) is 0 Å². The van der Waals surface area contributed by atoms with Crippen molar-refractivity contribution in [1.29, 1.82) is 0 Å². The number of aliphatic hydroxyl groups is 1. The van der Waals surface area contributed by atoms with Gasteiger partial charge in [0.2, 0.25) is 0 Å². The summed E-state index contributed by atoms with van der Waals surface area (Å²) in [6, 6.07) is -1.77. The van der Waals surface area contributed by atoms with Crippen molar-refractivity contribution in [3.8, 4) is 0 Å². The third kappa shape index (κ3) is 3.45. The number of aliphatic carboxylic acids is 1. The Kier molecular flexibility index (Phi) is 4.67. The molecule has 100 valence electrons. The molecule has 1 unspecified atom stereocenters. The highest BCUT2D eigenvalue weighted by Gasteiger charge is 2.20. The number of carboxylic acid groups (broad SMARTS) is 1. The average molecular weight is 256 g/mol. The second-order valence-corrected chi connectivity index (χ2v) is 3.81. The molecular weight excluding hydrogens is 240 g/mol. The van der Waals surface area contributed by atoms with Crippen molar-refractivity contribution < 1.29 is 19.8 Å². The van der Waals surface area contributed by atoms with Gasteiger partial charge in [0.05, 0.1) is 17.1 Å². The predicted octanol–water partition coefficient (Wildman–Crippen LogP) is -0.0164. The minimum Gasteiger partial charge on any atom is -0.480 e. The van der Waals surface area contributed by atoms with Gasteiger partial charge in [0.25, 0.3) is 0 Å². The molecule has 1 aromatic rings. The van der Waals surface area contributed by atoms with E-state index in [9.17, 15) is 9.59 Å². The number of H-pyrrole nitrogens is 1. The molecule has 0 saturated carbocycles. The van der Waals surface area contributed by atoms with Crippen molar-refractivity contribution in [2.24, 2.45) is 0 Å². The SMILES string of the molecule is Cc1n[nH]c(C)c1NC(=O)NC(CCO)C(=O)O. The van der Waals surface area contributed by atoms with Crippen LogP contribution in [0.25, 0.3) is 0 Å². The van der Waals surface area contributed by atoms with Gasteiger partial charge < -0.3 is 20.8 Å². The van der Waals surface area contributed by atoms with Crippen LogP contribution in [0, 0.1) is 13.8 Å². The van der Waals surface area contributed by atoms with Gasteiger partial charge in [0, 0.05) is 13.0 Å². The maximum atomic E-state index is 11.6. The maximum absolute atomic E-state index is 11.6. The van der Waals surface area contributed by atoms with Gasteiger partial charge >= 0.3 is 12.0 Å². The van der Waals surface area contributed by atoms with Crippen molar-refractivity contribution >= 4 is 17.7 Å². The van der Waals surface area contributed by atoms with Crippen LogP contribution in [0.15, 0.2) is 0 Å². The molecule has 0 fully saturated rings. The zero-order valence-corrected chi connectivity index (χ0v) is 10.1. The minimum absolute atomic E-state index is 0.0495. The van der Waals surface area contributed by atoms with E-state index < -0.39 is 18.0 Å². The number of aryl methyl sites for hydroxylation is 2. The van der Waals surface area contributed by atoms with Crippen molar-refractivity contribution in [3.63, 3.8) is 0 Å². The van der Waals surface area contributed by atoms with Gasteiger partial charge in [-0.2, -0.15) is 5.10 Å². The number of urea groups is 1. The summed E-state index contributed by atoms with van der Waals surface area (Å²) in [6.45, 7) is 3.13. The summed E-state index contributed by atoms with van der Waals surface area (Å²) in [4.78, 5) is 22.4. The molecule has 0 saturated heterocycles. The van der Waals surface area contributed by atoms with Gasteiger partial charge in [0.1, 0.15) is 6.04 Å². The van der Waals surface area contributed by atoms with Crippen molar-refractivity contribution in [2.75, 3.05) is 11.9 Å². The average Bonchev–Trinajstić information content (AvgIpc) is 2.60. The molecule has 0 aliphatic heterocycles. The molecule has 0 spiro atoms. The maximum Gasteiger partial charge on any atom is 0.326 e. The first-order valence-corrected chi connectivity index (χ1v) is 5.38. The second kappa shape index (κ2) is 6.01. The number of aromatic nitrogens is 2. The number of aliphatic hydroxyl groups excluding tert-OH is 1. The summed E-state index contributed by atoms with van der Waals surface area (Å²) >= 11 is 0. The molecule has 0 radical (unpaired) electrons. The van der Waals surface area contributed by atoms with Gasteiger partial charge in [-0.1, -0.05) is 0 Å². The third-order valence-electron chi connectivity index (χ3n) is 2.39. The van der Waals surface area contributed by atoms with Crippen LogP contribution in [0.2, 0.25) is 0 Å². The normalized spacial score (nSPS) is 11.9. The second-order valence-electron chi connectivity index (χ2n) is 3.81. The lowest BCUT2D eigenvalue weighted by molar-refractivity contribution is -0.139. The van der Waals surface area contributed by atoms with Gasteiger partial charge in [-0.3, -0.25) is 5.10 Å². The van der Waals surface area contributed by atoms with Crippen LogP contribution < -0.4 is 10.6 Å². The third-order valence-corrected chi connectivity index (χ3v) is 2.39.